The lowest BCUT2D eigenvalue weighted by Crippen LogP contribution is -2.60. The van der Waals surface area contributed by atoms with Crippen LogP contribution in [0.4, 0.5) is 4.79 Å². The lowest BCUT2D eigenvalue weighted by Gasteiger charge is -2.47. The maximum absolute atomic E-state index is 12.3. The summed E-state index contributed by atoms with van der Waals surface area (Å²) in [6, 6.07) is -0.150. The molecule has 6 heteroatoms. The summed E-state index contributed by atoms with van der Waals surface area (Å²) in [5, 5.41) is 11.7. The third-order valence-electron chi connectivity index (χ3n) is 3.57. The van der Waals surface area contributed by atoms with Gasteiger partial charge in [-0.3, -0.25) is 4.79 Å². The Morgan fingerprint density at radius 1 is 1.24 bits per heavy atom. The normalized spacial score (nSPS) is 21.7. The summed E-state index contributed by atoms with van der Waals surface area (Å²) in [7, 11) is 0. The Balaban J connectivity index is 2.56. The predicted molar refractivity (Wildman–Crippen MR) is 80.2 cm³/mol. The summed E-state index contributed by atoms with van der Waals surface area (Å²) in [6.45, 7) is 11.2. The molecule has 21 heavy (non-hydrogen) atoms. The smallest absolute Gasteiger partial charge is 0.317 e. The van der Waals surface area contributed by atoms with E-state index in [2.05, 4.69) is 5.32 Å². The van der Waals surface area contributed by atoms with Gasteiger partial charge in [0, 0.05) is 13.0 Å². The molecule has 6 nitrogen and oxygen atoms in total. The maximum Gasteiger partial charge on any atom is 0.317 e. The number of amides is 2. The molecule has 1 aliphatic rings. The minimum atomic E-state index is -0.829. The molecule has 1 aliphatic heterocycles. The zero-order valence-corrected chi connectivity index (χ0v) is 13.7. The van der Waals surface area contributed by atoms with E-state index in [0.717, 1.165) is 6.42 Å². The van der Waals surface area contributed by atoms with Crippen LogP contribution in [0, 0.1) is 5.92 Å². The number of ether oxygens (including phenoxy) is 1. The van der Waals surface area contributed by atoms with Crippen LogP contribution in [0.5, 0.6) is 0 Å². The van der Waals surface area contributed by atoms with E-state index in [4.69, 9.17) is 9.84 Å². The number of hydrogen-bond acceptors (Lipinski definition) is 3. The molecule has 2 amide bonds. The Morgan fingerprint density at radius 3 is 2.19 bits per heavy atom. The highest BCUT2D eigenvalue weighted by molar-refractivity contribution is 5.74. The summed E-state index contributed by atoms with van der Waals surface area (Å²) in [5.74, 6) is -0.863. The summed E-state index contributed by atoms with van der Waals surface area (Å²) in [4.78, 5) is 24.8. The van der Waals surface area contributed by atoms with Crippen LogP contribution in [0.15, 0.2) is 0 Å². The number of rotatable bonds is 5. The zero-order valence-electron chi connectivity index (χ0n) is 13.7. The Kier molecular flexibility index (Phi) is 5.61. The van der Waals surface area contributed by atoms with Gasteiger partial charge in [-0.2, -0.15) is 0 Å². The van der Waals surface area contributed by atoms with E-state index in [-0.39, 0.29) is 29.6 Å². The van der Waals surface area contributed by atoms with Crippen molar-refractivity contribution in [1.29, 1.82) is 0 Å². The molecule has 0 bridgehead atoms. The van der Waals surface area contributed by atoms with Gasteiger partial charge in [-0.1, -0.05) is 13.3 Å². The molecule has 0 aromatic rings. The molecule has 122 valence electrons. The Hall–Kier alpha value is -1.30. The van der Waals surface area contributed by atoms with E-state index in [1.165, 1.54) is 0 Å². The monoisotopic (exact) mass is 300 g/mol. The molecular weight excluding hydrogens is 272 g/mol. The molecule has 0 saturated carbocycles. The number of nitrogens with zero attached hydrogens (tertiary/aromatic N) is 1. The first kappa shape index (κ1) is 17.8. The van der Waals surface area contributed by atoms with Gasteiger partial charge in [0.05, 0.1) is 24.3 Å². The molecule has 1 rings (SSSR count). The SMILES string of the molecule is CCC(CNC(=O)N1CC(C)(C)OC(C)(C)C1)CC(=O)O. The highest BCUT2D eigenvalue weighted by Crippen LogP contribution is 2.27. The van der Waals surface area contributed by atoms with Crippen LogP contribution >= 0.6 is 0 Å². The first-order valence-corrected chi connectivity index (χ1v) is 7.49. The minimum absolute atomic E-state index is 0.0338. The fourth-order valence-corrected chi connectivity index (χ4v) is 2.88. The van der Waals surface area contributed by atoms with Gasteiger partial charge < -0.3 is 20.1 Å². The van der Waals surface area contributed by atoms with Crippen molar-refractivity contribution in [2.45, 2.75) is 58.7 Å². The van der Waals surface area contributed by atoms with Crippen molar-refractivity contribution in [3.8, 4) is 0 Å². The maximum atomic E-state index is 12.3. The zero-order chi connectivity index (χ0) is 16.3. The predicted octanol–water partition coefficient (Wildman–Crippen LogP) is 2.09. The number of carbonyl (C=O) groups is 2. The first-order valence-electron chi connectivity index (χ1n) is 7.49. The summed E-state index contributed by atoms with van der Waals surface area (Å²) >= 11 is 0. The Bertz CT molecular complexity index is 377. The van der Waals surface area contributed by atoms with E-state index < -0.39 is 5.97 Å². The highest BCUT2D eigenvalue weighted by atomic mass is 16.5. The van der Waals surface area contributed by atoms with Crippen LogP contribution in [-0.4, -0.2) is 52.8 Å². The fourth-order valence-electron chi connectivity index (χ4n) is 2.88. The van der Waals surface area contributed by atoms with Crippen LogP contribution in [0.3, 0.4) is 0 Å². The number of carboxylic acids is 1. The largest absolute Gasteiger partial charge is 0.481 e. The lowest BCUT2D eigenvalue weighted by molar-refractivity contribution is -0.170. The van der Waals surface area contributed by atoms with E-state index in [1.54, 1.807) is 4.90 Å². The van der Waals surface area contributed by atoms with Crippen LogP contribution < -0.4 is 5.32 Å². The molecule has 1 unspecified atom stereocenters. The Morgan fingerprint density at radius 2 is 1.76 bits per heavy atom. The van der Waals surface area contributed by atoms with Crippen LogP contribution in [-0.2, 0) is 9.53 Å². The van der Waals surface area contributed by atoms with Crippen LogP contribution in [0.25, 0.3) is 0 Å². The van der Waals surface area contributed by atoms with Crippen molar-refractivity contribution in [2.75, 3.05) is 19.6 Å². The molecule has 0 radical (unpaired) electrons. The average Bonchev–Trinajstić information content (AvgIpc) is 2.29. The first-order chi connectivity index (χ1) is 9.54. The highest BCUT2D eigenvalue weighted by Gasteiger charge is 2.39. The summed E-state index contributed by atoms with van der Waals surface area (Å²) in [5.41, 5.74) is -0.769. The van der Waals surface area contributed by atoms with E-state index >= 15 is 0 Å². The fraction of sp³-hybridized carbons (Fsp3) is 0.867. The van der Waals surface area contributed by atoms with Gasteiger partial charge in [-0.05, 0) is 33.6 Å². The van der Waals surface area contributed by atoms with Gasteiger partial charge in [0.25, 0.3) is 0 Å². The van der Waals surface area contributed by atoms with Gasteiger partial charge in [-0.25, -0.2) is 4.79 Å². The molecule has 0 spiro atoms. The van der Waals surface area contributed by atoms with Crippen molar-refractivity contribution in [3.05, 3.63) is 0 Å². The minimum Gasteiger partial charge on any atom is -0.481 e. The van der Waals surface area contributed by atoms with Crippen molar-refractivity contribution in [3.63, 3.8) is 0 Å². The second kappa shape index (κ2) is 6.64. The Labute approximate surface area is 126 Å². The molecule has 0 aliphatic carbocycles. The standard InChI is InChI=1S/C15H28N2O4/c1-6-11(7-12(18)19)8-16-13(20)17-9-14(2,3)21-15(4,5)10-17/h11H,6-10H2,1-5H3,(H,16,20)(H,18,19). The lowest BCUT2D eigenvalue weighted by atomic mass is 9.99. The second-order valence-electron chi connectivity index (χ2n) is 7.04. The molecule has 2 N–H and O–H groups in total. The third kappa shape index (κ3) is 5.91. The molecule has 0 aromatic carbocycles. The van der Waals surface area contributed by atoms with Gasteiger partial charge in [0.1, 0.15) is 0 Å². The quantitative estimate of drug-likeness (QED) is 0.815. The van der Waals surface area contributed by atoms with Gasteiger partial charge in [0.15, 0.2) is 0 Å². The van der Waals surface area contributed by atoms with Crippen molar-refractivity contribution in [1.82, 2.24) is 10.2 Å². The average molecular weight is 300 g/mol. The number of carbonyl (C=O) groups excluding carboxylic acids is 1. The number of carboxylic acid groups (broad SMARTS) is 1. The van der Waals surface area contributed by atoms with E-state index in [0.29, 0.717) is 19.6 Å². The molecule has 1 atom stereocenters. The number of aliphatic carboxylic acids is 1. The van der Waals surface area contributed by atoms with Crippen molar-refractivity contribution >= 4 is 12.0 Å². The number of hydrogen-bond donors (Lipinski definition) is 2. The van der Waals surface area contributed by atoms with Crippen LogP contribution in [0.1, 0.15) is 47.5 Å². The van der Waals surface area contributed by atoms with Gasteiger partial charge in [-0.15, -0.1) is 0 Å². The van der Waals surface area contributed by atoms with Crippen LogP contribution in [0.2, 0.25) is 0 Å². The van der Waals surface area contributed by atoms with Gasteiger partial charge in [0.2, 0.25) is 0 Å². The van der Waals surface area contributed by atoms with E-state index in [1.807, 2.05) is 34.6 Å². The van der Waals surface area contributed by atoms with Crippen molar-refractivity contribution < 1.29 is 19.4 Å². The topological polar surface area (TPSA) is 78.9 Å². The second-order valence-corrected chi connectivity index (χ2v) is 7.04. The molecular formula is C15H28N2O4. The number of nitrogens with one attached hydrogen (secondary N) is 1. The third-order valence-corrected chi connectivity index (χ3v) is 3.57. The molecule has 1 fully saturated rings. The molecule has 1 heterocycles. The number of morpholine rings is 1. The van der Waals surface area contributed by atoms with Crippen molar-refractivity contribution in [2.24, 2.45) is 5.92 Å². The molecule has 0 aromatic heterocycles. The van der Waals surface area contributed by atoms with Gasteiger partial charge >= 0.3 is 12.0 Å². The van der Waals surface area contributed by atoms with E-state index in [9.17, 15) is 9.59 Å². The molecule has 1 saturated heterocycles. The summed E-state index contributed by atoms with van der Waals surface area (Å²) in [6.07, 6.45) is 0.809. The number of urea groups is 1. The summed E-state index contributed by atoms with van der Waals surface area (Å²) < 4.78 is 5.94.